The van der Waals surface area contributed by atoms with E-state index in [0.717, 1.165) is 32.0 Å². The lowest BCUT2D eigenvalue weighted by Gasteiger charge is -2.28. The molecule has 0 N–H and O–H groups in total. The van der Waals surface area contributed by atoms with Gasteiger partial charge >= 0.3 is 0 Å². The minimum Gasteiger partial charge on any atom is -0.378 e. The molecule has 0 radical (unpaired) electrons. The van der Waals surface area contributed by atoms with Gasteiger partial charge in [-0.1, -0.05) is 12.1 Å². The number of hydrogen-bond acceptors (Lipinski definition) is 4. The molecule has 1 saturated heterocycles. The Morgan fingerprint density at radius 3 is 2.62 bits per heavy atom. The minimum absolute atomic E-state index is 0.817. The molecule has 0 amide bonds. The van der Waals surface area contributed by atoms with E-state index in [-0.39, 0.29) is 0 Å². The third-order valence-electron chi connectivity index (χ3n) is 3.98. The van der Waals surface area contributed by atoms with Crippen LogP contribution in [0.2, 0.25) is 0 Å². The maximum absolute atomic E-state index is 5.40. The van der Waals surface area contributed by atoms with Gasteiger partial charge in [0.1, 0.15) is 5.69 Å². The number of thiophene rings is 1. The average molecular weight is 299 g/mol. The van der Waals surface area contributed by atoms with Crippen molar-refractivity contribution >= 4 is 27.2 Å². The molecular weight excluding hydrogens is 282 g/mol. The van der Waals surface area contributed by atoms with Gasteiger partial charge in [0.2, 0.25) is 0 Å². The molecule has 0 saturated carbocycles. The largest absolute Gasteiger partial charge is 0.378 e. The molecule has 0 aliphatic carbocycles. The highest BCUT2D eigenvalue weighted by Crippen LogP contribution is 2.32. The van der Waals surface area contributed by atoms with Crippen molar-refractivity contribution in [3.05, 3.63) is 35.7 Å². The number of aromatic nitrogens is 2. The molecule has 2 aromatic heterocycles. The SMILES string of the molecule is Cn1nc(-c2ccc(N3CCOCC3)cc2)c2sccc21. The number of anilines is 1. The normalized spacial score (nSPS) is 15.8. The van der Waals surface area contributed by atoms with E-state index in [2.05, 4.69) is 45.7 Å². The predicted octanol–water partition coefficient (Wildman–Crippen LogP) is 3.14. The van der Waals surface area contributed by atoms with Crippen LogP contribution in [0.15, 0.2) is 35.7 Å². The van der Waals surface area contributed by atoms with Crippen molar-refractivity contribution in [3.8, 4) is 11.3 Å². The fraction of sp³-hybridized carbons (Fsp3) is 0.312. The number of nitrogens with zero attached hydrogens (tertiary/aromatic N) is 3. The van der Waals surface area contributed by atoms with Gasteiger partial charge < -0.3 is 9.64 Å². The van der Waals surface area contributed by atoms with Gasteiger partial charge in [-0.2, -0.15) is 5.10 Å². The molecule has 4 rings (SSSR count). The Hall–Kier alpha value is -1.85. The Bertz CT molecular complexity index is 754. The van der Waals surface area contributed by atoms with Crippen molar-refractivity contribution in [2.75, 3.05) is 31.2 Å². The lowest BCUT2D eigenvalue weighted by molar-refractivity contribution is 0.122. The Kier molecular flexibility index (Phi) is 3.16. The fourth-order valence-electron chi connectivity index (χ4n) is 2.82. The molecule has 21 heavy (non-hydrogen) atoms. The maximum Gasteiger partial charge on any atom is 0.110 e. The first-order chi connectivity index (χ1) is 10.3. The summed E-state index contributed by atoms with van der Waals surface area (Å²) in [6.45, 7) is 3.58. The Morgan fingerprint density at radius 1 is 1.10 bits per heavy atom. The number of rotatable bonds is 2. The Balaban J connectivity index is 1.68. The van der Waals surface area contributed by atoms with Crippen LogP contribution in [0, 0.1) is 0 Å². The van der Waals surface area contributed by atoms with Crippen molar-refractivity contribution in [1.82, 2.24) is 9.78 Å². The number of ether oxygens (including phenoxy) is 1. The summed E-state index contributed by atoms with van der Waals surface area (Å²) in [4.78, 5) is 2.37. The average Bonchev–Trinajstić information content (AvgIpc) is 3.13. The van der Waals surface area contributed by atoms with E-state index in [9.17, 15) is 0 Å². The van der Waals surface area contributed by atoms with Crippen LogP contribution in [0.4, 0.5) is 5.69 Å². The molecular formula is C16H17N3OS. The summed E-state index contributed by atoms with van der Waals surface area (Å²) >= 11 is 1.75. The molecule has 4 nitrogen and oxygen atoms in total. The molecule has 0 atom stereocenters. The van der Waals surface area contributed by atoms with Gasteiger partial charge in [0.25, 0.3) is 0 Å². The maximum atomic E-state index is 5.40. The number of aryl methyl sites for hydroxylation is 1. The lowest BCUT2D eigenvalue weighted by atomic mass is 10.1. The summed E-state index contributed by atoms with van der Waals surface area (Å²) in [5.41, 5.74) is 4.73. The van der Waals surface area contributed by atoms with Crippen LogP contribution in [0.5, 0.6) is 0 Å². The molecule has 3 heterocycles. The van der Waals surface area contributed by atoms with E-state index >= 15 is 0 Å². The third-order valence-corrected chi connectivity index (χ3v) is 4.89. The predicted molar refractivity (Wildman–Crippen MR) is 87.1 cm³/mol. The van der Waals surface area contributed by atoms with Crippen LogP contribution in [-0.4, -0.2) is 36.1 Å². The molecule has 1 aromatic carbocycles. The smallest absolute Gasteiger partial charge is 0.110 e. The standard InChI is InChI=1S/C16H17N3OS/c1-18-14-6-11-21-16(14)15(17-18)12-2-4-13(5-3-12)19-7-9-20-10-8-19/h2-6,11H,7-10H2,1H3. The summed E-state index contributed by atoms with van der Waals surface area (Å²) in [5, 5.41) is 6.78. The van der Waals surface area contributed by atoms with Gasteiger partial charge in [0.05, 0.1) is 23.4 Å². The van der Waals surface area contributed by atoms with Crippen LogP contribution >= 0.6 is 11.3 Å². The van der Waals surface area contributed by atoms with Crippen molar-refractivity contribution < 1.29 is 4.74 Å². The molecule has 1 aliphatic heterocycles. The van der Waals surface area contributed by atoms with E-state index < -0.39 is 0 Å². The molecule has 108 valence electrons. The molecule has 0 spiro atoms. The Labute approximate surface area is 127 Å². The zero-order chi connectivity index (χ0) is 14.2. The van der Waals surface area contributed by atoms with Crippen molar-refractivity contribution in [2.45, 2.75) is 0 Å². The monoisotopic (exact) mass is 299 g/mol. The molecule has 3 aromatic rings. The van der Waals surface area contributed by atoms with Gasteiger partial charge in [0, 0.05) is 31.4 Å². The van der Waals surface area contributed by atoms with Gasteiger partial charge in [-0.3, -0.25) is 4.68 Å². The van der Waals surface area contributed by atoms with Crippen LogP contribution in [0.1, 0.15) is 0 Å². The number of hydrogen-bond donors (Lipinski definition) is 0. The molecule has 0 unspecified atom stereocenters. The first-order valence-electron chi connectivity index (χ1n) is 7.16. The van der Waals surface area contributed by atoms with Crippen LogP contribution in [0.3, 0.4) is 0 Å². The summed E-state index contributed by atoms with van der Waals surface area (Å²) < 4.78 is 8.62. The van der Waals surface area contributed by atoms with Gasteiger partial charge in [-0.05, 0) is 23.6 Å². The molecule has 1 aliphatic rings. The van der Waals surface area contributed by atoms with Crippen LogP contribution in [-0.2, 0) is 11.8 Å². The van der Waals surface area contributed by atoms with Crippen molar-refractivity contribution in [1.29, 1.82) is 0 Å². The van der Waals surface area contributed by atoms with Crippen molar-refractivity contribution in [2.24, 2.45) is 7.05 Å². The highest BCUT2D eigenvalue weighted by atomic mass is 32.1. The first kappa shape index (κ1) is 12.9. The van der Waals surface area contributed by atoms with Crippen LogP contribution < -0.4 is 4.90 Å². The molecule has 1 fully saturated rings. The summed E-state index contributed by atoms with van der Waals surface area (Å²) in [6, 6.07) is 10.8. The summed E-state index contributed by atoms with van der Waals surface area (Å²) in [6.07, 6.45) is 0. The molecule has 0 bridgehead atoms. The zero-order valence-corrected chi connectivity index (χ0v) is 12.8. The van der Waals surface area contributed by atoms with E-state index in [4.69, 9.17) is 4.74 Å². The van der Waals surface area contributed by atoms with Gasteiger partial charge in [-0.25, -0.2) is 0 Å². The highest BCUT2D eigenvalue weighted by Gasteiger charge is 2.14. The second kappa shape index (κ2) is 5.16. The summed E-state index contributed by atoms with van der Waals surface area (Å²) in [7, 11) is 2.00. The molecule has 5 heteroatoms. The number of morpholine rings is 1. The highest BCUT2D eigenvalue weighted by molar-refractivity contribution is 7.17. The van der Waals surface area contributed by atoms with E-state index in [1.54, 1.807) is 11.3 Å². The first-order valence-corrected chi connectivity index (χ1v) is 8.04. The van der Waals surface area contributed by atoms with E-state index in [1.165, 1.54) is 21.5 Å². The van der Waals surface area contributed by atoms with Gasteiger partial charge in [0.15, 0.2) is 0 Å². The quantitative estimate of drug-likeness (QED) is 0.728. The van der Waals surface area contributed by atoms with Gasteiger partial charge in [-0.15, -0.1) is 11.3 Å². The Morgan fingerprint density at radius 2 is 1.86 bits per heavy atom. The van der Waals surface area contributed by atoms with Crippen LogP contribution in [0.25, 0.3) is 21.5 Å². The lowest BCUT2D eigenvalue weighted by Crippen LogP contribution is -2.36. The number of fused-ring (bicyclic) bond motifs is 1. The topological polar surface area (TPSA) is 30.3 Å². The van der Waals surface area contributed by atoms with Crippen molar-refractivity contribution in [3.63, 3.8) is 0 Å². The summed E-state index contributed by atoms with van der Waals surface area (Å²) in [5.74, 6) is 0. The second-order valence-corrected chi connectivity index (χ2v) is 6.17. The number of benzene rings is 1. The fourth-order valence-corrected chi connectivity index (χ4v) is 3.75. The van der Waals surface area contributed by atoms with E-state index in [1.807, 2.05) is 11.7 Å². The zero-order valence-electron chi connectivity index (χ0n) is 12.0. The van der Waals surface area contributed by atoms with E-state index in [0.29, 0.717) is 0 Å². The second-order valence-electron chi connectivity index (χ2n) is 5.25. The third kappa shape index (κ3) is 2.22. The minimum atomic E-state index is 0.817.